The smallest absolute Gasteiger partial charge is 0.107 e. The van der Waals surface area contributed by atoms with Crippen LogP contribution in [0.15, 0.2) is 29.2 Å². The first-order valence-electron chi connectivity index (χ1n) is 4.21. The van der Waals surface area contributed by atoms with Crippen LogP contribution in [0.2, 0.25) is 0 Å². The van der Waals surface area contributed by atoms with Crippen LogP contribution in [0.4, 0.5) is 10.1 Å². The highest BCUT2D eigenvalue weighted by Crippen LogP contribution is 2.31. The Kier molecular flexibility index (Phi) is 2.71. The number of nitrogens with zero attached hydrogens (tertiary/aromatic N) is 1. The third-order valence-corrected chi connectivity index (χ3v) is 2.84. The lowest BCUT2D eigenvalue weighted by atomic mass is 10.3. The van der Waals surface area contributed by atoms with Gasteiger partial charge in [0, 0.05) is 11.4 Å². The van der Waals surface area contributed by atoms with Crippen molar-refractivity contribution < 1.29 is 4.39 Å². The third kappa shape index (κ3) is 1.78. The molecular weight excluding hydrogens is 187 g/mol. The molecule has 1 heterocycles. The predicted octanol–water partition coefficient (Wildman–Crippen LogP) is 2.03. The summed E-state index contributed by atoms with van der Waals surface area (Å²) < 4.78 is 15.3. The van der Waals surface area contributed by atoms with E-state index in [1.807, 2.05) is 29.2 Å². The van der Waals surface area contributed by atoms with Crippen LogP contribution in [-0.4, -0.2) is 19.9 Å². The number of hydrogen-bond acceptors (Lipinski definition) is 3. The maximum absolute atomic E-state index is 12.2. The van der Waals surface area contributed by atoms with Crippen LogP contribution >= 0.6 is 11.9 Å². The average Bonchev–Trinajstić information content (AvgIpc) is 2.19. The minimum absolute atomic E-state index is 0.305. The summed E-state index contributed by atoms with van der Waals surface area (Å²) in [7, 11) is 0. The van der Waals surface area contributed by atoms with Crippen molar-refractivity contribution in [3.63, 3.8) is 0 Å². The number of para-hydroxylation sites is 1. The van der Waals surface area contributed by atoms with Gasteiger partial charge in [0.05, 0.1) is 12.4 Å². The predicted molar refractivity (Wildman–Crippen MR) is 53.6 cm³/mol. The van der Waals surface area contributed by atoms with Crippen molar-refractivity contribution in [2.75, 3.05) is 24.8 Å². The van der Waals surface area contributed by atoms with E-state index in [0.717, 1.165) is 5.69 Å². The van der Waals surface area contributed by atoms with Gasteiger partial charge in [0.25, 0.3) is 0 Å². The van der Waals surface area contributed by atoms with Crippen LogP contribution < -0.4 is 9.62 Å². The zero-order chi connectivity index (χ0) is 9.10. The molecule has 1 aromatic rings. The number of anilines is 1. The topological polar surface area (TPSA) is 15.3 Å². The molecule has 0 bridgehead atoms. The molecule has 0 atom stereocenters. The molecule has 0 amide bonds. The Bertz CT molecular complexity index is 293. The van der Waals surface area contributed by atoms with E-state index in [-0.39, 0.29) is 6.67 Å². The van der Waals surface area contributed by atoms with Gasteiger partial charge in [-0.15, -0.1) is 0 Å². The summed E-state index contributed by atoms with van der Waals surface area (Å²) in [6.45, 7) is 0.872. The molecule has 1 aliphatic rings. The quantitative estimate of drug-likeness (QED) is 0.732. The molecule has 13 heavy (non-hydrogen) atoms. The SMILES string of the molecule is FCCN1CNSc2ccccc21. The van der Waals surface area contributed by atoms with Crippen molar-refractivity contribution in [1.29, 1.82) is 0 Å². The molecule has 2 nitrogen and oxygen atoms in total. The van der Waals surface area contributed by atoms with Gasteiger partial charge in [-0.05, 0) is 24.1 Å². The van der Waals surface area contributed by atoms with Gasteiger partial charge in [0.15, 0.2) is 0 Å². The van der Waals surface area contributed by atoms with Gasteiger partial charge in [-0.25, -0.2) is 9.11 Å². The Balaban J connectivity index is 2.26. The van der Waals surface area contributed by atoms with Crippen LogP contribution in [0.5, 0.6) is 0 Å². The minimum Gasteiger partial charge on any atom is -0.354 e. The van der Waals surface area contributed by atoms with E-state index in [1.54, 1.807) is 11.9 Å². The summed E-state index contributed by atoms with van der Waals surface area (Å²) >= 11 is 1.60. The van der Waals surface area contributed by atoms with Crippen molar-refractivity contribution in [3.8, 4) is 0 Å². The molecule has 2 rings (SSSR count). The van der Waals surface area contributed by atoms with E-state index in [4.69, 9.17) is 0 Å². The second-order valence-electron chi connectivity index (χ2n) is 2.82. The largest absolute Gasteiger partial charge is 0.354 e. The molecule has 0 aromatic heterocycles. The number of rotatable bonds is 2. The maximum atomic E-state index is 12.2. The van der Waals surface area contributed by atoms with Crippen molar-refractivity contribution in [2.24, 2.45) is 0 Å². The highest BCUT2D eigenvalue weighted by atomic mass is 32.2. The van der Waals surface area contributed by atoms with Gasteiger partial charge >= 0.3 is 0 Å². The Labute approximate surface area is 81.3 Å². The first-order chi connectivity index (χ1) is 6.42. The fraction of sp³-hybridized carbons (Fsp3) is 0.333. The normalized spacial score (nSPS) is 15.6. The third-order valence-electron chi connectivity index (χ3n) is 2.00. The van der Waals surface area contributed by atoms with E-state index < -0.39 is 0 Å². The molecule has 0 spiro atoms. The Morgan fingerprint density at radius 2 is 2.31 bits per heavy atom. The fourth-order valence-corrected chi connectivity index (χ4v) is 2.20. The summed E-state index contributed by atoms with van der Waals surface area (Å²) in [5.41, 5.74) is 1.13. The molecule has 70 valence electrons. The Hall–Kier alpha value is -0.740. The van der Waals surface area contributed by atoms with Gasteiger partial charge in [-0.1, -0.05) is 12.1 Å². The molecule has 0 aliphatic carbocycles. The van der Waals surface area contributed by atoms with E-state index in [9.17, 15) is 4.39 Å². The van der Waals surface area contributed by atoms with Crippen LogP contribution in [0.1, 0.15) is 0 Å². The standard InChI is InChI=1S/C9H11FN2S/c10-5-6-12-7-11-13-9-4-2-1-3-8(9)12/h1-4,11H,5-7H2. The number of hydrogen-bond donors (Lipinski definition) is 1. The van der Waals surface area contributed by atoms with Gasteiger partial charge in [-0.2, -0.15) is 0 Å². The number of nitrogens with one attached hydrogen (secondary N) is 1. The van der Waals surface area contributed by atoms with E-state index in [0.29, 0.717) is 13.2 Å². The highest BCUT2D eigenvalue weighted by Gasteiger charge is 2.15. The molecule has 0 unspecified atom stereocenters. The first kappa shape index (κ1) is 8.84. The van der Waals surface area contributed by atoms with Crippen LogP contribution in [0.3, 0.4) is 0 Å². The van der Waals surface area contributed by atoms with Crippen LogP contribution in [0.25, 0.3) is 0 Å². The summed E-state index contributed by atoms with van der Waals surface area (Å²) in [5.74, 6) is 0. The highest BCUT2D eigenvalue weighted by molar-refractivity contribution is 7.97. The summed E-state index contributed by atoms with van der Waals surface area (Å²) in [6, 6.07) is 8.04. The van der Waals surface area contributed by atoms with Gasteiger partial charge in [0.1, 0.15) is 6.67 Å². The molecule has 0 saturated carbocycles. The Morgan fingerprint density at radius 1 is 1.46 bits per heavy atom. The van der Waals surface area contributed by atoms with Gasteiger partial charge < -0.3 is 4.90 Å². The molecule has 0 fully saturated rings. The molecule has 0 saturated heterocycles. The second-order valence-corrected chi connectivity index (χ2v) is 3.76. The van der Waals surface area contributed by atoms with E-state index >= 15 is 0 Å². The van der Waals surface area contributed by atoms with Gasteiger partial charge in [-0.3, -0.25) is 0 Å². The van der Waals surface area contributed by atoms with Gasteiger partial charge in [0.2, 0.25) is 0 Å². The Morgan fingerprint density at radius 3 is 3.15 bits per heavy atom. The fourth-order valence-electron chi connectivity index (χ4n) is 1.38. The average molecular weight is 198 g/mol. The van der Waals surface area contributed by atoms with Crippen molar-refractivity contribution in [2.45, 2.75) is 4.90 Å². The van der Waals surface area contributed by atoms with Crippen LogP contribution in [0, 0.1) is 0 Å². The zero-order valence-electron chi connectivity index (χ0n) is 7.16. The maximum Gasteiger partial charge on any atom is 0.107 e. The summed E-state index contributed by atoms with van der Waals surface area (Å²) in [4.78, 5) is 3.17. The summed E-state index contributed by atoms with van der Waals surface area (Å²) in [5, 5.41) is 0. The van der Waals surface area contributed by atoms with Crippen molar-refractivity contribution in [1.82, 2.24) is 4.72 Å². The number of fused-ring (bicyclic) bond motifs is 1. The number of benzene rings is 1. The monoisotopic (exact) mass is 198 g/mol. The molecule has 0 radical (unpaired) electrons. The van der Waals surface area contributed by atoms with E-state index in [2.05, 4.69) is 4.72 Å². The van der Waals surface area contributed by atoms with Crippen molar-refractivity contribution >= 4 is 17.6 Å². The lowest BCUT2D eigenvalue weighted by molar-refractivity contribution is 0.488. The molecule has 1 aromatic carbocycles. The number of alkyl halides is 1. The number of halogens is 1. The molecular formula is C9H11FN2S. The first-order valence-corrected chi connectivity index (χ1v) is 5.03. The molecule has 4 heteroatoms. The van der Waals surface area contributed by atoms with E-state index in [1.165, 1.54) is 4.90 Å². The summed E-state index contributed by atoms with van der Waals surface area (Å²) in [6.07, 6.45) is 0. The second kappa shape index (κ2) is 3.98. The lowest BCUT2D eigenvalue weighted by Crippen LogP contribution is -2.36. The molecule has 1 N–H and O–H groups in total. The van der Waals surface area contributed by atoms with Crippen LogP contribution in [-0.2, 0) is 0 Å². The van der Waals surface area contributed by atoms with Crippen molar-refractivity contribution in [3.05, 3.63) is 24.3 Å². The lowest BCUT2D eigenvalue weighted by Gasteiger charge is -2.30. The zero-order valence-corrected chi connectivity index (χ0v) is 7.98. The minimum atomic E-state index is -0.305. The molecule has 1 aliphatic heterocycles.